The highest BCUT2D eigenvalue weighted by molar-refractivity contribution is 7.10. The van der Waals surface area contributed by atoms with Gasteiger partial charge in [0.2, 0.25) is 11.8 Å². The highest BCUT2D eigenvalue weighted by Crippen LogP contribution is 2.44. The van der Waals surface area contributed by atoms with Crippen LogP contribution in [-0.4, -0.2) is 124 Å². The Morgan fingerprint density at radius 2 is 1.88 bits per heavy atom. The van der Waals surface area contributed by atoms with Gasteiger partial charge in [0.15, 0.2) is 0 Å². The molecule has 16 nitrogen and oxygen atoms in total. The molecule has 2 N–H and O–H groups in total. The van der Waals surface area contributed by atoms with Gasteiger partial charge in [0.1, 0.15) is 18.1 Å². The summed E-state index contributed by atoms with van der Waals surface area (Å²) >= 11 is 1.41. The smallest absolute Gasteiger partial charge is 0.409 e. The Bertz CT molecular complexity index is 2460. The highest BCUT2D eigenvalue weighted by atomic mass is 32.1. The van der Waals surface area contributed by atoms with Crippen molar-refractivity contribution in [2.45, 2.75) is 104 Å². The van der Waals surface area contributed by atoms with Crippen LogP contribution in [0.4, 0.5) is 4.79 Å². The molecule has 3 fully saturated rings. The molecule has 3 saturated heterocycles. The van der Waals surface area contributed by atoms with E-state index in [1.165, 1.54) is 28.4 Å². The Morgan fingerprint density at radius 3 is 2.59 bits per heavy atom. The summed E-state index contributed by atoms with van der Waals surface area (Å²) in [4.78, 5) is 82.1. The van der Waals surface area contributed by atoms with Crippen LogP contribution in [0.15, 0.2) is 41.9 Å². The maximum Gasteiger partial charge on any atom is 0.409 e. The van der Waals surface area contributed by atoms with E-state index in [1.54, 1.807) is 18.2 Å². The van der Waals surface area contributed by atoms with E-state index in [-0.39, 0.29) is 44.0 Å². The van der Waals surface area contributed by atoms with Crippen LogP contribution < -0.4 is 10.7 Å². The number of aryl methyl sites for hydroxylation is 1. The molecule has 0 radical (unpaired) electrons. The topological polar surface area (TPSA) is 178 Å². The SMILES string of the molecule is CCn1c(-c2cccnc2C(C)OC)c2c3cc(ccc31)-c1csc(n1)CC(NC(=O)C(C(C)C)N1CCC3(CN(C(=O)OC)C3)C1=O)C(=O)N1CCC[C@H](N1)C(=O)OCC(C)(C)C2. The number of amides is 4. The summed E-state index contributed by atoms with van der Waals surface area (Å²) in [5.74, 6) is -1.80. The molecule has 0 saturated carbocycles. The van der Waals surface area contributed by atoms with E-state index >= 15 is 0 Å². The summed E-state index contributed by atoms with van der Waals surface area (Å²) in [6.45, 7) is 14.0. The Morgan fingerprint density at radius 1 is 1.09 bits per heavy atom. The number of hydrazine groups is 1. The number of aromatic nitrogens is 3. The van der Waals surface area contributed by atoms with Gasteiger partial charge in [0.25, 0.3) is 5.91 Å². The third-order valence-corrected chi connectivity index (χ3v) is 14.2. The number of thiazole rings is 1. The molecule has 7 heterocycles. The minimum absolute atomic E-state index is 0.0822. The van der Waals surface area contributed by atoms with Crippen molar-refractivity contribution >= 4 is 52.0 Å². The van der Waals surface area contributed by atoms with Gasteiger partial charge in [-0.3, -0.25) is 29.2 Å². The van der Waals surface area contributed by atoms with E-state index in [0.29, 0.717) is 50.3 Å². The zero-order chi connectivity index (χ0) is 45.7. The van der Waals surface area contributed by atoms with Gasteiger partial charge in [-0.15, -0.1) is 11.3 Å². The maximum absolute atomic E-state index is 14.6. The monoisotopic (exact) mass is 896 g/mol. The van der Waals surface area contributed by atoms with Crippen LogP contribution in [0.5, 0.6) is 0 Å². The molecule has 0 aliphatic carbocycles. The largest absolute Gasteiger partial charge is 0.464 e. The molecule has 4 atom stereocenters. The minimum atomic E-state index is -1.07. The van der Waals surface area contributed by atoms with Crippen LogP contribution in [0.1, 0.15) is 83.2 Å². The average Bonchev–Trinajstić information content (AvgIpc) is 3.97. The highest BCUT2D eigenvalue weighted by Gasteiger charge is 2.58. The minimum Gasteiger partial charge on any atom is -0.464 e. The molecule has 342 valence electrons. The van der Waals surface area contributed by atoms with Crippen molar-refractivity contribution in [3.8, 4) is 22.5 Å². The molecule has 64 heavy (non-hydrogen) atoms. The maximum atomic E-state index is 14.6. The predicted octanol–water partition coefficient (Wildman–Crippen LogP) is 5.53. The Kier molecular flexibility index (Phi) is 12.6. The summed E-state index contributed by atoms with van der Waals surface area (Å²) in [7, 11) is 2.99. The molecular formula is C47H60N8O8S. The Balaban J connectivity index is 1.16. The molecule has 8 rings (SSSR count). The van der Waals surface area contributed by atoms with E-state index in [1.807, 2.05) is 32.2 Å². The molecule has 6 bridgehead atoms. The number of fused-ring (bicyclic) bond motifs is 6. The lowest BCUT2D eigenvalue weighted by atomic mass is 9.78. The number of cyclic esters (lactones) is 1. The zero-order valence-electron chi connectivity index (χ0n) is 38.1. The number of carbonyl (C=O) groups is 5. The molecule has 17 heteroatoms. The van der Waals surface area contributed by atoms with Crippen molar-refractivity contribution < 1.29 is 38.2 Å². The first-order valence-electron chi connectivity index (χ1n) is 22.3. The first-order valence-corrected chi connectivity index (χ1v) is 23.2. The fourth-order valence-electron chi connectivity index (χ4n) is 9.97. The fraction of sp³-hybridized carbons (Fsp3) is 0.553. The van der Waals surface area contributed by atoms with E-state index in [9.17, 15) is 24.0 Å². The van der Waals surface area contributed by atoms with Gasteiger partial charge in [0.05, 0.1) is 47.3 Å². The second-order valence-corrected chi connectivity index (χ2v) is 19.8. The third-order valence-electron chi connectivity index (χ3n) is 13.4. The third kappa shape index (κ3) is 8.37. The summed E-state index contributed by atoms with van der Waals surface area (Å²) in [5, 5.41) is 8.13. The number of nitrogens with zero attached hydrogens (tertiary/aromatic N) is 6. The summed E-state index contributed by atoms with van der Waals surface area (Å²) in [5.41, 5.74) is 8.50. The molecule has 4 aliphatic rings. The van der Waals surface area contributed by atoms with Gasteiger partial charge in [-0.1, -0.05) is 33.8 Å². The number of carbonyl (C=O) groups excluding carboxylic acids is 5. The number of pyridine rings is 1. The van der Waals surface area contributed by atoms with E-state index in [4.69, 9.17) is 24.2 Å². The average molecular weight is 897 g/mol. The second kappa shape index (κ2) is 17.9. The molecule has 3 aromatic heterocycles. The number of benzene rings is 1. The van der Waals surface area contributed by atoms with Crippen LogP contribution in [-0.2, 0) is 52.8 Å². The van der Waals surface area contributed by atoms with E-state index in [2.05, 4.69) is 60.3 Å². The number of esters is 1. The van der Waals surface area contributed by atoms with Crippen molar-refractivity contribution in [2.24, 2.45) is 16.7 Å². The summed E-state index contributed by atoms with van der Waals surface area (Å²) in [6.07, 6.45) is 3.22. The lowest BCUT2D eigenvalue weighted by Gasteiger charge is -2.45. The standard InChI is InChI=1S/C47H60N8O8S/c1-9-53-36-15-14-29-20-31(36)32(40(53)30-12-10-17-48-38(30)28(4)61-7)22-46(5,6)26-63-43(58)33-13-11-18-55(51-33)42(57)34(21-37-49-35(29)23-64-37)50-41(56)39(27(2)3)54-19-16-47(44(54)59)24-52(25-47)45(60)62-8/h10,12,14-15,17,20,23,27-28,33-34,39,51H,9,11,13,16,18-19,21-22,24-26H2,1-8H3,(H,50,56)/t28?,33-,34?,39?/m0/s1. The van der Waals surface area contributed by atoms with Crippen LogP contribution in [0.2, 0.25) is 0 Å². The normalized spacial score (nSPS) is 22.0. The number of hydrogen-bond donors (Lipinski definition) is 2. The van der Waals surface area contributed by atoms with Crippen LogP contribution in [0.3, 0.4) is 0 Å². The van der Waals surface area contributed by atoms with Crippen molar-refractivity contribution in [1.82, 2.24) is 40.1 Å². The first kappa shape index (κ1) is 45.2. The van der Waals surface area contributed by atoms with Gasteiger partial charge in [-0.2, -0.15) is 0 Å². The molecule has 4 amide bonds. The molecule has 1 spiro atoms. The lowest BCUT2D eigenvalue weighted by Crippen LogP contribution is -2.64. The van der Waals surface area contributed by atoms with Gasteiger partial charge in [0, 0.05) is 85.3 Å². The molecule has 1 aromatic carbocycles. The Hall–Kier alpha value is -5.39. The number of ether oxygens (including phenoxy) is 3. The molecule has 3 unspecified atom stereocenters. The van der Waals surface area contributed by atoms with Crippen LogP contribution in [0, 0.1) is 16.7 Å². The van der Waals surface area contributed by atoms with E-state index < -0.39 is 52.8 Å². The van der Waals surface area contributed by atoms with Gasteiger partial charge in [-0.25, -0.2) is 15.2 Å². The number of methoxy groups -OCH3 is 2. The van der Waals surface area contributed by atoms with Crippen molar-refractivity contribution in [1.29, 1.82) is 0 Å². The quantitative estimate of drug-likeness (QED) is 0.213. The fourth-order valence-corrected chi connectivity index (χ4v) is 10.8. The number of likely N-dealkylation sites (tertiary alicyclic amines) is 2. The van der Waals surface area contributed by atoms with Crippen molar-refractivity contribution in [3.63, 3.8) is 0 Å². The van der Waals surface area contributed by atoms with Crippen molar-refractivity contribution in [2.75, 3.05) is 47.0 Å². The van der Waals surface area contributed by atoms with Gasteiger partial charge in [-0.05, 0) is 75.3 Å². The first-order chi connectivity index (χ1) is 30.6. The van der Waals surface area contributed by atoms with Crippen molar-refractivity contribution in [3.05, 3.63) is 58.2 Å². The summed E-state index contributed by atoms with van der Waals surface area (Å²) < 4.78 is 19.1. The second-order valence-electron chi connectivity index (χ2n) is 18.8. The molecule has 4 aliphatic heterocycles. The lowest BCUT2D eigenvalue weighted by molar-refractivity contribution is -0.155. The molecular weight excluding hydrogens is 837 g/mol. The predicted molar refractivity (Wildman–Crippen MR) is 241 cm³/mol. The van der Waals surface area contributed by atoms with Gasteiger partial charge >= 0.3 is 12.1 Å². The van der Waals surface area contributed by atoms with Gasteiger partial charge < -0.3 is 33.9 Å². The number of nitrogens with one attached hydrogen (secondary N) is 2. The van der Waals surface area contributed by atoms with E-state index in [0.717, 1.165) is 44.7 Å². The van der Waals surface area contributed by atoms with Crippen LogP contribution >= 0.6 is 11.3 Å². The van der Waals surface area contributed by atoms with Crippen LogP contribution in [0.25, 0.3) is 33.4 Å². The zero-order valence-corrected chi connectivity index (χ0v) is 38.9. The number of hydrogen-bond acceptors (Lipinski definition) is 12. The number of rotatable bonds is 8. The molecule has 4 aromatic rings. The Labute approximate surface area is 378 Å². The summed E-state index contributed by atoms with van der Waals surface area (Å²) in [6, 6.07) is 7.68.